The third-order valence-corrected chi connectivity index (χ3v) is 5.85. The van der Waals surface area contributed by atoms with Crippen LogP contribution in [0.25, 0.3) is 0 Å². The summed E-state index contributed by atoms with van der Waals surface area (Å²) in [5.41, 5.74) is 0.125. The third kappa shape index (κ3) is 4.99. The van der Waals surface area contributed by atoms with Crippen molar-refractivity contribution in [2.24, 2.45) is 0 Å². The molecule has 0 unspecified atom stereocenters. The van der Waals surface area contributed by atoms with Crippen LogP contribution >= 0.6 is 11.6 Å². The van der Waals surface area contributed by atoms with E-state index in [-0.39, 0.29) is 17.2 Å². The van der Waals surface area contributed by atoms with Crippen molar-refractivity contribution in [3.63, 3.8) is 0 Å². The van der Waals surface area contributed by atoms with Gasteiger partial charge in [0, 0.05) is 37.4 Å². The van der Waals surface area contributed by atoms with Crippen molar-refractivity contribution in [3.8, 4) is 0 Å². The van der Waals surface area contributed by atoms with E-state index in [1.165, 1.54) is 6.20 Å². The maximum absolute atomic E-state index is 12.3. The molecule has 2 aliphatic rings. The molecular weight excluding hydrogens is 410 g/mol. The summed E-state index contributed by atoms with van der Waals surface area (Å²) in [5, 5.41) is 12.5. The lowest BCUT2D eigenvalue weighted by Gasteiger charge is -2.29. The van der Waals surface area contributed by atoms with Crippen LogP contribution in [-0.4, -0.2) is 57.5 Å². The van der Waals surface area contributed by atoms with Crippen molar-refractivity contribution in [2.45, 2.75) is 50.3 Å². The summed E-state index contributed by atoms with van der Waals surface area (Å²) in [7, 11) is 0. The summed E-state index contributed by atoms with van der Waals surface area (Å²) < 4.78 is 5.58. The predicted molar refractivity (Wildman–Crippen MR) is 112 cm³/mol. The van der Waals surface area contributed by atoms with Gasteiger partial charge in [-0.05, 0) is 31.7 Å². The highest BCUT2D eigenvalue weighted by Gasteiger charge is 2.29. The number of nitrogens with one attached hydrogen (secondary N) is 3. The van der Waals surface area contributed by atoms with E-state index >= 15 is 0 Å². The number of amides is 1. The average molecular weight is 434 g/mol. The fourth-order valence-corrected chi connectivity index (χ4v) is 4.14. The molecular formula is C19H24ClN7O3. The van der Waals surface area contributed by atoms with Crippen molar-refractivity contribution in [2.75, 3.05) is 23.3 Å². The van der Waals surface area contributed by atoms with Gasteiger partial charge in [0.15, 0.2) is 0 Å². The molecule has 1 atom stereocenters. The summed E-state index contributed by atoms with van der Waals surface area (Å²) in [6, 6.07) is 2.18. The molecule has 160 valence electrons. The number of anilines is 2. The molecule has 10 nitrogen and oxygen atoms in total. The maximum atomic E-state index is 12.3. The van der Waals surface area contributed by atoms with Gasteiger partial charge in [-0.25, -0.2) is 19.9 Å². The first-order valence-corrected chi connectivity index (χ1v) is 10.4. The first-order valence-electron chi connectivity index (χ1n) is 10.1. The summed E-state index contributed by atoms with van der Waals surface area (Å²) in [6.07, 6.45) is 8.53. The Morgan fingerprint density at radius 1 is 1.17 bits per heavy atom. The predicted octanol–water partition coefficient (Wildman–Crippen LogP) is 1.94. The van der Waals surface area contributed by atoms with E-state index in [9.17, 15) is 9.59 Å². The Morgan fingerprint density at radius 2 is 1.90 bits per heavy atom. The molecule has 2 aromatic rings. The highest BCUT2D eigenvalue weighted by atomic mass is 35.5. The SMILES string of the molecule is O=C(NC1CCC(Nc2ncccn2)CC1)O[C@@H]1CCN(c2cn[nH]c(=O)c2Cl)C1. The van der Waals surface area contributed by atoms with E-state index in [4.69, 9.17) is 16.3 Å². The quantitative estimate of drug-likeness (QED) is 0.653. The van der Waals surface area contributed by atoms with Gasteiger partial charge in [-0.2, -0.15) is 5.10 Å². The number of carbonyl (C=O) groups excluding carboxylic acids is 1. The maximum Gasteiger partial charge on any atom is 0.407 e. The van der Waals surface area contributed by atoms with Crippen LogP contribution in [0.1, 0.15) is 32.1 Å². The lowest BCUT2D eigenvalue weighted by Crippen LogP contribution is -2.42. The Kier molecular flexibility index (Phi) is 6.32. The average Bonchev–Trinajstić information content (AvgIpc) is 3.20. The summed E-state index contributed by atoms with van der Waals surface area (Å²) in [6.45, 7) is 1.12. The number of rotatable bonds is 5. The summed E-state index contributed by atoms with van der Waals surface area (Å²) >= 11 is 6.06. The van der Waals surface area contributed by atoms with Crippen LogP contribution in [0, 0.1) is 0 Å². The number of alkyl carbamates (subject to hydrolysis) is 1. The van der Waals surface area contributed by atoms with Crippen LogP contribution in [0.2, 0.25) is 5.02 Å². The largest absolute Gasteiger partial charge is 0.444 e. The zero-order chi connectivity index (χ0) is 20.9. The lowest BCUT2D eigenvalue weighted by atomic mass is 9.91. The summed E-state index contributed by atoms with van der Waals surface area (Å²) in [4.78, 5) is 34.2. The smallest absolute Gasteiger partial charge is 0.407 e. The van der Waals surface area contributed by atoms with Crippen LogP contribution in [0.3, 0.4) is 0 Å². The number of hydrogen-bond acceptors (Lipinski definition) is 8. The zero-order valence-electron chi connectivity index (χ0n) is 16.4. The number of ether oxygens (including phenoxy) is 1. The topological polar surface area (TPSA) is 125 Å². The van der Waals surface area contributed by atoms with Crippen molar-refractivity contribution in [1.82, 2.24) is 25.5 Å². The molecule has 0 spiro atoms. The monoisotopic (exact) mass is 433 g/mol. The van der Waals surface area contributed by atoms with Crippen molar-refractivity contribution in [3.05, 3.63) is 40.0 Å². The Balaban J connectivity index is 1.20. The molecule has 30 heavy (non-hydrogen) atoms. The first-order chi connectivity index (χ1) is 14.6. The molecule has 1 aliphatic carbocycles. The van der Waals surface area contributed by atoms with Crippen molar-refractivity contribution < 1.29 is 9.53 Å². The summed E-state index contributed by atoms with van der Waals surface area (Å²) in [5.74, 6) is 0.634. The molecule has 1 aliphatic heterocycles. The van der Waals surface area contributed by atoms with Crippen LogP contribution < -0.4 is 21.1 Å². The van der Waals surface area contributed by atoms with Gasteiger partial charge in [0.25, 0.3) is 5.56 Å². The highest BCUT2D eigenvalue weighted by Crippen LogP contribution is 2.26. The molecule has 11 heteroatoms. The lowest BCUT2D eigenvalue weighted by molar-refractivity contribution is 0.103. The van der Waals surface area contributed by atoms with E-state index in [0.717, 1.165) is 25.7 Å². The molecule has 1 saturated heterocycles. The van der Waals surface area contributed by atoms with E-state index in [0.29, 0.717) is 37.2 Å². The Morgan fingerprint density at radius 3 is 2.67 bits per heavy atom. The molecule has 2 fully saturated rings. The van der Waals surface area contributed by atoms with Gasteiger partial charge in [0.05, 0.1) is 18.4 Å². The van der Waals surface area contributed by atoms with E-state index < -0.39 is 11.7 Å². The number of aromatic nitrogens is 4. The van der Waals surface area contributed by atoms with Gasteiger partial charge in [-0.15, -0.1) is 0 Å². The van der Waals surface area contributed by atoms with Gasteiger partial charge in [0.2, 0.25) is 5.95 Å². The van der Waals surface area contributed by atoms with Gasteiger partial charge < -0.3 is 20.3 Å². The van der Waals surface area contributed by atoms with Gasteiger partial charge in [0.1, 0.15) is 11.1 Å². The molecule has 3 N–H and O–H groups in total. The van der Waals surface area contributed by atoms with Crippen molar-refractivity contribution in [1.29, 1.82) is 0 Å². The standard InChI is InChI=1S/C19H24ClN7O3/c20-16-15(10-23-26-17(16)28)27-9-6-14(11-27)30-19(29)25-13-4-2-12(3-5-13)24-18-21-7-1-8-22-18/h1,7-8,10,12-14H,2-6,9,11H2,(H,25,29)(H,26,28)(H,21,22,24)/t12?,13?,14-/m1/s1. The number of nitrogens with zero attached hydrogens (tertiary/aromatic N) is 4. The van der Waals surface area contributed by atoms with Crippen LogP contribution in [-0.2, 0) is 4.74 Å². The second kappa shape index (κ2) is 9.29. The molecule has 0 bridgehead atoms. The first kappa shape index (κ1) is 20.4. The van der Waals surface area contributed by atoms with Gasteiger partial charge in [-0.1, -0.05) is 11.6 Å². The van der Waals surface area contributed by atoms with Gasteiger partial charge in [-0.3, -0.25) is 4.79 Å². The Bertz CT molecular complexity index is 918. The number of carbonyl (C=O) groups is 1. The fraction of sp³-hybridized carbons (Fsp3) is 0.526. The molecule has 2 aromatic heterocycles. The minimum absolute atomic E-state index is 0.0936. The second-order valence-electron chi connectivity index (χ2n) is 7.57. The number of aromatic amines is 1. The normalized spacial score (nSPS) is 23.8. The van der Waals surface area contributed by atoms with Crippen LogP contribution in [0.4, 0.5) is 16.4 Å². The second-order valence-corrected chi connectivity index (χ2v) is 7.95. The fourth-order valence-electron chi connectivity index (χ4n) is 3.93. The van der Waals surface area contributed by atoms with Crippen LogP contribution in [0.15, 0.2) is 29.5 Å². The molecule has 4 rings (SSSR count). The highest BCUT2D eigenvalue weighted by molar-refractivity contribution is 6.33. The molecule has 3 heterocycles. The van der Waals surface area contributed by atoms with Crippen molar-refractivity contribution >= 4 is 29.3 Å². The van der Waals surface area contributed by atoms with E-state index in [2.05, 4.69) is 30.8 Å². The molecule has 0 radical (unpaired) electrons. The Hall–Kier alpha value is -2.88. The Labute approximate surface area is 178 Å². The number of hydrogen-bond donors (Lipinski definition) is 3. The van der Waals surface area contributed by atoms with E-state index in [1.807, 2.05) is 4.90 Å². The molecule has 1 amide bonds. The molecule has 0 aromatic carbocycles. The number of H-pyrrole nitrogens is 1. The van der Waals surface area contributed by atoms with Gasteiger partial charge >= 0.3 is 6.09 Å². The minimum atomic E-state index is -0.430. The minimum Gasteiger partial charge on any atom is -0.444 e. The van der Waals surface area contributed by atoms with Crippen LogP contribution in [0.5, 0.6) is 0 Å². The zero-order valence-corrected chi connectivity index (χ0v) is 17.1. The third-order valence-electron chi connectivity index (χ3n) is 5.48. The van der Waals surface area contributed by atoms with E-state index in [1.54, 1.807) is 18.5 Å². The molecule has 1 saturated carbocycles. The number of halogens is 1.